The standard InChI is InChI=1S/C5H13N3O2/c1-3-5(8(9)10)7(6)4-2/h5H,3-4,6H2,1-2H3. The fraction of sp³-hybridized carbons (Fsp3) is 1.00. The van der Waals surface area contributed by atoms with Crippen molar-refractivity contribution >= 4 is 0 Å². The summed E-state index contributed by atoms with van der Waals surface area (Å²) in [7, 11) is 0. The molecule has 0 radical (unpaired) electrons. The normalized spacial score (nSPS) is 13.6. The highest BCUT2D eigenvalue weighted by molar-refractivity contribution is 4.49. The molecule has 0 aliphatic rings. The predicted octanol–water partition coefficient (Wildman–Crippen LogP) is 0.195. The molecule has 1 atom stereocenters. The molecule has 0 aliphatic carbocycles. The second kappa shape index (κ2) is 4.19. The van der Waals surface area contributed by atoms with E-state index in [-0.39, 0.29) is 4.92 Å². The van der Waals surface area contributed by atoms with Crippen molar-refractivity contribution < 1.29 is 4.92 Å². The van der Waals surface area contributed by atoms with Crippen LogP contribution in [-0.4, -0.2) is 22.6 Å². The van der Waals surface area contributed by atoms with E-state index in [9.17, 15) is 10.1 Å². The van der Waals surface area contributed by atoms with Crippen LogP contribution in [0.3, 0.4) is 0 Å². The molecule has 5 heteroatoms. The van der Waals surface area contributed by atoms with Gasteiger partial charge in [0.25, 0.3) is 6.17 Å². The van der Waals surface area contributed by atoms with Crippen LogP contribution in [0.5, 0.6) is 0 Å². The highest BCUT2D eigenvalue weighted by Crippen LogP contribution is 1.98. The summed E-state index contributed by atoms with van der Waals surface area (Å²) in [6.07, 6.45) is -0.290. The first-order valence-electron chi connectivity index (χ1n) is 3.28. The van der Waals surface area contributed by atoms with Gasteiger partial charge in [-0.05, 0) is 0 Å². The summed E-state index contributed by atoms with van der Waals surface area (Å²) in [6, 6.07) is 0. The van der Waals surface area contributed by atoms with E-state index in [1.54, 1.807) is 13.8 Å². The number of hydrazine groups is 1. The molecule has 0 aliphatic heterocycles. The Morgan fingerprint density at radius 3 is 2.30 bits per heavy atom. The third kappa shape index (κ3) is 2.28. The van der Waals surface area contributed by atoms with Crippen LogP contribution < -0.4 is 5.84 Å². The lowest BCUT2D eigenvalue weighted by atomic mass is 10.4. The molecule has 0 aromatic carbocycles. The van der Waals surface area contributed by atoms with Crippen LogP contribution in [0.2, 0.25) is 0 Å². The Bertz CT molecular complexity index is 117. The van der Waals surface area contributed by atoms with Crippen molar-refractivity contribution in [1.82, 2.24) is 5.01 Å². The molecule has 0 saturated carbocycles. The number of nitrogens with zero attached hydrogens (tertiary/aromatic N) is 2. The van der Waals surface area contributed by atoms with E-state index in [1.165, 1.54) is 5.01 Å². The maximum atomic E-state index is 10.2. The molecule has 0 aromatic rings. The number of nitro groups is 1. The number of nitrogens with two attached hydrogens (primary N) is 1. The van der Waals surface area contributed by atoms with E-state index in [0.29, 0.717) is 13.0 Å². The second-order valence-electron chi connectivity index (χ2n) is 2.00. The van der Waals surface area contributed by atoms with E-state index in [0.717, 1.165) is 0 Å². The summed E-state index contributed by atoms with van der Waals surface area (Å²) in [5.41, 5.74) is 0. The fourth-order valence-electron chi connectivity index (χ4n) is 0.715. The molecule has 0 spiro atoms. The molecule has 0 saturated heterocycles. The maximum Gasteiger partial charge on any atom is 0.280 e. The van der Waals surface area contributed by atoms with Crippen LogP contribution in [0.25, 0.3) is 0 Å². The Balaban J connectivity index is 3.92. The monoisotopic (exact) mass is 147 g/mol. The summed E-state index contributed by atoms with van der Waals surface area (Å²) in [5, 5.41) is 11.4. The average molecular weight is 147 g/mol. The minimum atomic E-state index is -0.731. The van der Waals surface area contributed by atoms with E-state index in [4.69, 9.17) is 5.84 Å². The lowest BCUT2D eigenvalue weighted by Crippen LogP contribution is -2.45. The molecule has 0 fully saturated rings. The van der Waals surface area contributed by atoms with E-state index < -0.39 is 6.17 Å². The molecule has 0 aromatic heterocycles. The summed E-state index contributed by atoms with van der Waals surface area (Å²) in [5.74, 6) is 5.32. The Kier molecular flexibility index (Phi) is 3.90. The number of rotatable bonds is 4. The largest absolute Gasteiger partial charge is 0.280 e. The summed E-state index contributed by atoms with van der Waals surface area (Å²) in [4.78, 5) is 9.84. The van der Waals surface area contributed by atoms with Gasteiger partial charge in [-0.15, -0.1) is 0 Å². The van der Waals surface area contributed by atoms with Crippen LogP contribution in [0.15, 0.2) is 0 Å². The van der Waals surface area contributed by atoms with Gasteiger partial charge in [0, 0.05) is 17.9 Å². The summed E-state index contributed by atoms with van der Waals surface area (Å²) in [6.45, 7) is 4.02. The third-order valence-electron chi connectivity index (χ3n) is 1.36. The molecule has 0 bridgehead atoms. The molecule has 0 heterocycles. The van der Waals surface area contributed by atoms with Crippen LogP contribution in [0.1, 0.15) is 20.3 Å². The van der Waals surface area contributed by atoms with Gasteiger partial charge in [0.05, 0.1) is 0 Å². The molecule has 0 rings (SSSR count). The first-order chi connectivity index (χ1) is 4.63. The van der Waals surface area contributed by atoms with Crippen molar-refractivity contribution in [1.29, 1.82) is 0 Å². The topological polar surface area (TPSA) is 72.4 Å². The van der Waals surface area contributed by atoms with Gasteiger partial charge >= 0.3 is 0 Å². The van der Waals surface area contributed by atoms with Crippen molar-refractivity contribution in [3.05, 3.63) is 10.1 Å². The predicted molar refractivity (Wildman–Crippen MR) is 37.6 cm³/mol. The minimum Gasteiger partial charge on any atom is -0.263 e. The van der Waals surface area contributed by atoms with Crippen molar-refractivity contribution in [2.45, 2.75) is 26.4 Å². The van der Waals surface area contributed by atoms with Crippen molar-refractivity contribution in [3.8, 4) is 0 Å². The van der Waals surface area contributed by atoms with Gasteiger partial charge in [-0.1, -0.05) is 13.8 Å². The van der Waals surface area contributed by atoms with Crippen molar-refractivity contribution in [2.24, 2.45) is 5.84 Å². The van der Waals surface area contributed by atoms with Crippen molar-refractivity contribution in [2.75, 3.05) is 6.54 Å². The molecular weight excluding hydrogens is 134 g/mol. The van der Waals surface area contributed by atoms with Gasteiger partial charge in [-0.3, -0.25) is 16.0 Å². The van der Waals surface area contributed by atoms with Gasteiger partial charge in [0.15, 0.2) is 0 Å². The summed E-state index contributed by atoms with van der Waals surface area (Å²) < 4.78 is 0. The van der Waals surface area contributed by atoms with Crippen LogP contribution >= 0.6 is 0 Å². The Hall–Kier alpha value is -0.680. The molecule has 2 N–H and O–H groups in total. The second-order valence-corrected chi connectivity index (χ2v) is 2.00. The highest BCUT2D eigenvalue weighted by atomic mass is 16.6. The molecule has 10 heavy (non-hydrogen) atoms. The van der Waals surface area contributed by atoms with Gasteiger partial charge in [-0.25, -0.2) is 0 Å². The average Bonchev–Trinajstić information content (AvgIpc) is 1.88. The Labute approximate surface area is 59.9 Å². The van der Waals surface area contributed by atoms with Crippen LogP contribution in [0, 0.1) is 10.1 Å². The first-order valence-corrected chi connectivity index (χ1v) is 3.28. The zero-order valence-corrected chi connectivity index (χ0v) is 6.28. The molecule has 5 nitrogen and oxygen atoms in total. The SMILES string of the molecule is CCC(N(N)CC)[N+](=O)[O-]. The van der Waals surface area contributed by atoms with E-state index in [2.05, 4.69) is 0 Å². The van der Waals surface area contributed by atoms with Gasteiger partial charge in [0.2, 0.25) is 0 Å². The quantitative estimate of drug-likeness (QED) is 0.267. The van der Waals surface area contributed by atoms with Gasteiger partial charge in [0.1, 0.15) is 0 Å². The smallest absolute Gasteiger partial charge is 0.263 e. The van der Waals surface area contributed by atoms with E-state index in [1.807, 2.05) is 0 Å². The Morgan fingerprint density at radius 1 is 1.70 bits per heavy atom. The zero-order chi connectivity index (χ0) is 8.15. The molecule has 60 valence electrons. The lowest BCUT2D eigenvalue weighted by molar-refractivity contribution is -0.551. The number of hydrogen-bond acceptors (Lipinski definition) is 4. The molecular formula is C5H13N3O2. The first kappa shape index (κ1) is 9.32. The molecule has 1 unspecified atom stereocenters. The Morgan fingerprint density at radius 2 is 2.20 bits per heavy atom. The van der Waals surface area contributed by atoms with Gasteiger partial charge < -0.3 is 0 Å². The van der Waals surface area contributed by atoms with Crippen LogP contribution in [-0.2, 0) is 0 Å². The third-order valence-corrected chi connectivity index (χ3v) is 1.36. The molecule has 0 amide bonds. The van der Waals surface area contributed by atoms with Crippen LogP contribution in [0.4, 0.5) is 0 Å². The zero-order valence-electron chi connectivity index (χ0n) is 6.28. The maximum absolute atomic E-state index is 10.2. The number of hydrogen-bond donors (Lipinski definition) is 1. The minimum absolute atomic E-state index is 0.372. The highest BCUT2D eigenvalue weighted by Gasteiger charge is 2.21. The summed E-state index contributed by atoms with van der Waals surface area (Å²) >= 11 is 0. The fourth-order valence-corrected chi connectivity index (χ4v) is 0.715. The van der Waals surface area contributed by atoms with Crippen molar-refractivity contribution in [3.63, 3.8) is 0 Å². The lowest BCUT2D eigenvalue weighted by Gasteiger charge is -2.16. The van der Waals surface area contributed by atoms with E-state index >= 15 is 0 Å². The van der Waals surface area contributed by atoms with Gasteiger partial charge in [-0.2, -0.15) is 5.01 Å².